The van der Waals surface area contributed by atoms with Crippen LogP contribution in [-0.2, 0) is 6.54 Å². The average Bonchev–Trinajstić information content (AvgIpc) is 3.02. The Bertz CT molecular complexity index is 831. The van der Waals surface area contributed by atoms with E-state index < -0.39 is 0 Å². The molecule has 0 N–H and O–H groups in total. The van der Waals surface area contributed by atoms with Crippen LogP contribution >= 0.6 is 15.9 Å². The third kappa shape index (κ3) is 4.42. The minimum Gasteiger partial charge on any atom is -0.492 e. The van der Waals surface area contributed by atoms with Crippen molar-refractivity contribution in [1.82, 2.24) is 9.78 Å². The smallest absolute Gasteiger partial charge is 0.212 e. The minimum absolute atomic E-state index is 0.525. The Labute approximate surface area is 156 Å². The van der Waals surface area contributed by atoms with Gasteiger partial charge in [-0.1, -0.05) is 46.3 Å². The van der Waals surface area contributed by atoms with Gasteiger partial charge in [-0.3, -0.25) is 0 Å². The molecule has 0 aliphatic heterocycles. The summed E-state index contributed by atoms with van der Waals surface area (Å²) in [5.41, 5.74) is 3.13. The van der Waals surface area contributed by atoms with E-state index in [1.807, 2.05) is 73.1 Å². The summed E-state index contributed by atoms with van der Waals surface area (Å²) in [5.74, 6) is 1.62. The number of aromatic nitrogens is 2. The molecule has 0 atom stereocenters. The fourth-order valence-electron chi connectivity index (χ4n) is 2.53. The zero-order valence-corrected chi connectivity index (χ0v) is 16.0. The Kier molecular flexibility index (Phi) is 5.76. The van der Waals surface area contributed by atoms with E-state index >= 15 is 0 Å². The number of rotatable bonds is 7. The summed E-state index contributed by atoms with van der Waals surface area (Å²) in [5, 5.41) is 4.67. The first-order chi connectivity index (χ1) is 12.2. The molecule has 0 spiro atoms. The third-order valence-corrected chi connectivity index (χ3v) is 4.70. The van der Waals surface area contributed by atoms with E-state index in [1.54, 1.807) is 0 Å². The van der Waals surface area contributed by atoms with E-state index in [2.05, 4.69) is 21.0 Å². The lowest BCUT2D eigenvalue weighted by molar-refractivity contribution is 0.260. The van der Waals surface area contributed by atoms with Crippen LogP contribution in [0.5, 0.6) is 11.6 Å². The van der Waals surface area contributed by atoms with Crippen molar-refractivity contribution >= 4 is 15.9 Å². The van der Waals surface area contributed by atoms with E-state index in [9.17, 15) is 0 Å². The number of benzene rings is 2. The lowest BCUT2D eigenvalue weighted by atomic mass is 10.2. The molecule has 3 aromatic rings. The van der Waals surface area contributed by atoms with Gasteiger partial charge in [0.15, 0.2) is 0 Å². The van der Waals surface area contributed by atoms with Crippen molar-refractivity contribution in [1.29, 1.82) is 0 Å². The maximum atomic E-state index is 5.86. The van der Waals surface area contributed by atoms with E-state index in [0.717, 1.165) is 32.9 Å². The van der Waals surface area contributed by atoms with Crippen LogP contribution in [-0.4, -0.2) is 23.0 Å². The first-order valence-corrected chi connectivity index (χ1v) is 9.11. The lowest BCUT2D eigenvalue weighted by Crippen LogP contribution is -2.11. The topological polar surface area (TPSA) is 36.3 Å². The number of ether oxygens (including phenoxy) is 2. The van der Waals surface area contributed by atoms with Gasteiger partial charge < -0.3 is 9.47 Å². The molecule has 2 aromatic carbocycles. The molecule has 25 heavy (non-hydrogen) atoms. The summed E-state index contributed by atoms with van der Waals surface area (Å²) in [6.45, 7) is 5.77. The number of halogens is 1. The molecule has 3 rings (SSSR count). The molecule has 0 aliphatic rings. The van der Waals surface area contributed by atoms with Crippen molar-refractivity contribution in [2.45, 2.75) is 20.4 Å². The van der Waals surface area contributed by atoms with Gasteiger partial charge in [0.2, 0.25) is 5.88 Å². The Balaban J connectivity index is 1.70. The van der Waals surface area contributed by atoms with Crippen molar-refractivity contribution in [2.75, 3.05) is 13.2 Å². The molecule has 0 amide bonds. The Morgan fingerprint density at radius 1 is 1.04 bits per heavy atom. The van der Waals surface area contributed by atoms with E-state index in [-0.39, 0.29) is 0 Å². The fourth-order valence-corrected chi connectivity index (χ4v) is 2.78. The molecular weight excluding hydrogens is 380 g/mol. The van der Waals surface area contributed by atoms with Gasteiger partial charge in [0, 0.05) is 16.1 Å². The maximum absolute atomic E-state index is 5.86. The molecule has 0 fully saturated rings. The molecule has 0 aliphatic carbocycles. The van der Waals surface area contributed by atoms with Crippen molar-refractivity contribution in [3.63, 3.8) is 0 Å². The molecule has 5 heteroatoms. The molecule has 1 aromatic heterocycles. The van der Waals surface area contributed by atoms with Gasteiger partial charge >= 0.3 is 0 Å². The van der Waals surface area contributed by atoms with Gasteiger partial charge in [0.1, 0.15) is 12.4 Å². The molecule has 0 unspecified atom stereocenters. The van der Waals surface area contributed by atoms with Gasteiger partial charge in [-0.25, -0.2) is 4.68 Å². The summed E-state index contributed by atoms with van der Waals surface area (Å²) in [4.78, 5) is 0. The molecule has 130 valence electrons. The number of nitrogens with zero attached hydrogens (tertiary/aromatic N) is 2. The molecule has 0 saturated carbocycles. The van der Waals surface area contributed by atoms with Crippen LogP contribution in [0.15, 0.2) is 59.1 Å². The standard InChI is InChI=1S/C20H21BrN2O2/c1-3-24-20-14-19(16-7-5-4-6-8-16)22-23(20)11-12-25-17-9-10-18(21)15(2)13-17/h4-10,13-14H,3,11-12H2,1-2H3. The van der Waals surface area contributed by atoms with Crippen LogP contribution in [0.3, 0.4) is 0 Å². The zero-order chi connectivity index (χ0) is 17.6. The fraction of sp³-hybridized carbons (Fsp3) is 0.250. The first-order valence-electron chi connectivity index (χ1n) is 8.32. The van der Waals surface area contributed by atoms with Crippen LogP contribution in [0.1, 0.15) is 12.5 Å². The van der Waals surface area contributed by atoms with Gasteiger partial charge in [-0.2, -0.15) is 5.10 Å². The number of hydrogen-bond acceptors (Lipinski definition) is 3. The molecule has 4 nitrogen and oxygen atoms in total. The molecule has 0 bridgehead atoms. The molecule has 1 heterocycles. The van der Waals surface area contributed by atoms with Gasteiger partial charge in [-0.15, -0.1) is 0 Å². The van der Waals surface area contributed by atoms with Gasteiger partial charge in [0.25, 0.3) is 0 Å². The van der Waals surface area contributed by atoms with E-state index in [0.29, 0.717) is 19.8 Å². The first kappa shape index (κ1) is 17.5. The van der Waals surface area contributed by atoms with Crippen LogP contribution in [0.4, 0.5) is 0 Å². The number of hydrogen-bond donors (Lipinski definition) is 0. The van der Waals surface area contributed by atoms with Crippen LogP contribution < -0.4 is 9.47 Å². The maximum Gasteiger partial charge on any atom is 0.212 e. The monoisotopic (exact) mass is 400 g/mol. The van der Waals surface area contributed by atoms with Crippen LogP contribution in [0, 0.1) is 6.92 Å². The summed E-state index contributed by atoms with van der Waals surface area (Å²) < 4.78 is 14.5. The summed E-state index contributed by atoms with van der Waals surface area (Å²) in [6, 6.07) is 18.1. The molecule has 0 saturated heterocycles. The van der Waals surface area contributed by atoms with E-state index in [4.69, 9.17) is 9.47 Å². The zero-order valence-electron chi connectivity index (χ0n) is 14.4. The van der Waals surface area contributed by atoms with Crippen LogP contribution in [0.2, 0.25) is 0 Å². The lowest BCUT2D eigenvalue weighted by Gasteiger charge is -2.10. The largest absolute Gasteiger partial charge is 0.492 e. The number of aryl methyl sites for hydroxylation is 1. The third-order valence-electron chi connectivity index (χ3n) is 3.81. The summed E-state index contributed by atoms with van der Waals surface area (Å²) >= 11 is 3.50. The highest BCUT2D eigenvalue weighted by molar-refractivity contribution is 9.10. The normalized spacial score (nSPS) is 10.7. The molecule has 0 radical (unpaired) electrons. The highest BCUT2D eigenvalue weighted by atomic mass is 79.9. The second-order valence-electron chi connectivity index (χ2n) is 5.65. The predicted octanol–water partition coefficient (Wildman–Crippen LogP) is 5.10. The van der Waals surface area contributed by atoms with Crippen LogP contribution in [0.25, 0.3) is 11.3 Å². The second-order valence-corrected chi connectivity index (χ2v) is 6.50. The quantitative estimate of drug-likeness (QED) is 0.553. The summed E-state index contributed by atoms with van der Waals surface area (Å²) in [7, 11) is 0. The highest BCUT2D eigenvalue weighted by Crippen LogP contribution is 2.24. The Morgan fingerprint density at radius 2 is 1.84 bits per heavy atom. The van der Waals surface area contributed by atoms with Crippen molar-refractivity contribution < 1.29 is 9.47 Å². The van der Waals surface area contributed by atoms with Gasteiger partial charge in [0.05, 0.1) is 18.8 Å². The second kappa shape index (κ2) is 8.21. The summed E-state index contributed by atoms with van der Waals surface area (Å²) in [6.07, 6.45) is 0. The SMILES string of the molecule is CCOc1cc(-c2ccccc2)nn1CCOc1ccc(Br)c(C)c1. The van der Waals surface area contributed by atoms with Crippen molar-refractivity contribution in [3.05, 3.63) is 64.6 Å². The van der Waals surface area contributed by atoms with Crippen molar-refractivity contribution in [2.24, 2.45) is 0 Å². The molecular formula is C20H21BrN2O2. The minimum atomic E-state index is 0.525. The average molecular weight is 401 g/mol. The van der Waals surface area contributed by atoms with E-state index in [1.165, 1.54) is 0 Å². The highest BCUT2D eigenvalue weighted by Gasteiger charge is 2.10. The van der Waals surface area contributed by atoms with Crippen molar-refractivity contribution in [3.8, 4) is 22.9 Å². The Morgan fingerprint density at radius 3 is 2.56 bits per heavy atom. The Hall–Kier alpha value is -2.27. The predicted molar refractivity (Wildman–Crippen MR) is 103 cm³/mol. The van der Waals surface area contributed by atoms with Gasteiger partial charge in [-0.05, 0) is 37.6 Å².